The molecule has 0 aliphatic heterocycles. The van der Waals surface area contributed by atoms with Crippen LogP contribution in [-0.4, -0.2) is 50.8 Å². The van der Waals surface area contributed by atoms with Crippen LogP contribution in [0.3, 0.4) is 0 Å². The third kappa shape index (κ3) is 4.81. The van der Waals surface area contributed by atoms with Gasteiger partial charge < -0.3 is 10.1 Å². The van der Waals surface area contributed by atoms with Crippen molar-refractivity contribution in [3.05, 3.63) is 0 Å². The number of hydrogen-bond donors (Lipinski definition) is 1. The summed E-state index contributed by atoms with van der Waals surface area (Å²) in [4.78, 5) is 2.55. The van der Waals surface area contributed by atoms with E-state index in [9.17, 15) is 0 Å². The average Bonchev–Trinajstić information content (AvgIpc) is 2.34. The maximum atomic E-state index is 5.02. The molecule has 0 aromatic carbocycles. The van der Waals surface area contributed by atoms with Crippen molar-refractivity contribution >= 4 is 0 Å². The Kier molecular flexibility index (Phi) is 7.01. The highest BCUT2D eigenvalue weighted by Crippen LogP contribution is 2.22. The van der Waals surface area contributed by atoms with Crippen LogP contribution in [-0.2, 0) is 4.74 Å². The van der Waals surface area contributed by atoms with Gasteiger partial charge in [-0.05, 0) is 26.8 Å². The Balaban J connectivity index is 2.15. The third-order valence-electron chi connectivity index (χ3n) is 3.77. The molecule has 0 aromatic heterocycles. The Bertz CT molecular complexity index is 169. The fourth-order valence-corrected chi connectivity index (χ4v) is 2.48. The number of methoxy groups -OCH3 is 1. The van der Waals surface area contributed by atoms with Gasteiger partial charge in [0.15, 0.2) is 0 Å². The normalized spacial score (nSPS) is 20.2. The van der Waals surface area contributed by atoms with Gasteiger partial charge in [-0.25, -0.2) is 0 Å². The molecule has 0 amide bonds. The van der Waals surface area contributed by atoms with E-state index in [-0.39, 0.29) is 0 Å². The Labute approximate surface area is 101 Å². The number of likely N-dealkylation sites (N-methyl/N-ethyl adjacent to an activating group) is 1. The van der Waals surface area contributed by atoms with Gasteiger partial charge >= 0.3 is 0 Å². The van der Waals surface area contributed by atoms with E-state index >= 15 is 0 Å². The molecule has 1 aliphatic carbocycles. The summed E-state index contributed by atoms with van der Waals surface area (Å²) in [5.74, 6) is 0. The summed E-state index contributed by atoms with van der Waals surface area (Å²) in [6.45, 7) is 5.14. The molecule has 3 heteroatoms. The molecule has 1 atom stereocenters. The van der Waals surface area contributed by atoms with Crippen LogP contribution in [0.4, 0.5) is 0 Å². The van der Waals surface area contributed by atoms with Gasteiger partial charge in [-0.3, -0.25) is 4.90 Å². The van der Waals surface area contributed by atoms with E-state index < -0.39 is 0 Å². The number of hydrogen-bond acceptors (Lipinski definition) is 3. The number of nitrogens with one attached hydrogen (secondary N) is 1. The molecule has 1 fully saturated rings. The van der Waals surface area contributed by atoms with E-state index in [0.717, 1.165) is 25.7 Å². The van der Waals surface area contributed by atoms with Crippen LogP contribution >= 0.6 is 0 Å². The standard InChI is InChI=1S/C13H28N2O/c1-12(11-14-9-10-16-3)15(2)13-7-5-4-6-8-13/h12-14H,4-11H2,1-3H3/t12-/m0/s1. The number of nitrogens with zero attached hydrogens (tertiary/aromatic N) is 1. The van der Waals surface area contributed by atoms with E-state index in [1.165, 1.54) is 32.1 Å². The zero-order valence-electron chi connectivity index (χ0n) is 11.2. The van der Waals surface area contributed by atoms with Crippen molar-refractivity contribution in [3.8, 4) is 0 Å². The Hall–Kier alpha value is -0.120. The van der Waals surface area contributed by atoms with Gasteiger partial charge in [-0.2, -0.15) is 0 Å². The first-order chi connectivity index (χ1) is 7.75. The van der Waals surface area contributed by atoms with Crippen molar-refractivity contribution in [2.45, 2.75) is 51.1 Å². The second kappa shape index (κ2) is 8.04. The molecule has 96 valence electrons. The topological polar surface area (TPSA) is 24.5 Å². The van der Waals surface area contributed by atoms with Gasteiger partial charge in [0.2, 0.25) is 0 Å². The Morgan fingerprint density at radius 1 is 1.31 bits per heavy atom. The van der Waals surface area contributed by atoms with Crippen LogP contribution in [0.25, 0.3) is 0 Å². The molecule has 1 N–H and O–H groups in total. The molecule has 0 aromatic rings. The highest BCUT2D eigenvalue weighted by atomic mass is 16.5. The van der Waals surface area contributed by atoms with Crippen molar-refractivity contribution in [2.24, 2.45) is 0 Å². The van der Waals surface area contributed by atoms with Crippen molar-refractivity contribution in [1.29, 1.82) is 0 Å². The zero-order chi connectivity index (χ0) is 11.8. The summed E-state index contributed by atoms with van der Waals surface area (Å²) in [6, 6.07) is 1.44. The molecule has 0 radical (unpaired) electrons. The van der Waals surface area contributed by atoms with Gasteiger partial charge in [0.1, 0.15) is 0 Å². The van der Waals surface area contributed by atoms with Crippen LogP contribution < -0.4 is 5.32 Å². The van der Waals surface area contributed by atoms with Crippen molar-refractivity contribution < 1.29 is 4.74 Å². The quantitative estimate of drug-likeness (QED) is 0.673. The van der Waals surface area contributed by atoms with E-state index in [4.69, 9.17) is 4.74 Å². The number of ether oxygens (including phenoxy) is 1. The monoisotopic (exact) mass is 228 g/mol. The van der Waals surface area contributed by atoms with Crippen LogP contribution in [0, 0.1) is 0 Å². The zero-order valence-corrected chi connectivity index (χ0v) is 11.2. The minimum atomic E-state index is 0.625. The van der Waals surface area contributed by atoms with Crippen molar-refractivity contribution in [2.75, 3.05) is 33.9 Å². The summed E-state index contributed by atoms with van der Waals surface area (Å²) in [5.41, 5.74) is 0. The first-order valence-corrected chi connectivity index (χ1v) is 6.67. The predicted octanol–water partition coefficient (Wildman–Crippen LogP) is 1.88. The molecule has 0 saturated heterocycles. The van der Waals surface area contributed by atoms with E-state index in [1.54, 1.807) is 7.11 Å². The summed E-state index contributed by atoms with van der Waals surface area (Å²) < 4.78 is 5.02. The summed E-state index contributed by atoms with van der Waals surface area (Å²) in [6.07, 6.45) is 7.04. The minimum Gasteiger partial charge on any atom is -0.383 e. The molecular weight excluding hydrogens is 200 g/mol. The molecular formula is C13H28N2O. The van der Waals surface area contributed by atoms with Gasteiger partial charge in [0, 0.05) is 32.3 Å². The third-order valence-corrected chi connectivity index (χ3v) is 3.77. The molecule has 3 nitrogen and oxygen atoms in total. The fraction of sp³-hybridized carbons (Fsp3) is 1.00. The second-order valence-corrected chi connectivity index (χ2v) is 5.00. The largest absolute Gasteiger partial charge is 0.383 e. The maximum absolute atomic E-state index is 5.02. The molecule has 0 spiro atoms. The molecule has 1 rings (SSSR count). The molecule has 16 heavy (non-hydrogen) atoms. The molecule has 0 heterocycles. The highest BCUT2D eigenvalue weighted by Gasteiger charge is 2.21. The lowest BCUT2D eigenvalue weighted by Crippen LogP contribution is -2.45. The van der Waals surface area contributed by atoms with Gasteiger partial charge in [-0.1, -0.05) is 19.3 Å². The van der Waals surface area contributed by atoms with Crippen LogP contribution in [0.15, 0.2) is 0 Å². The predicted molar refractivity (Wildman–Crippen MR) is 68.8 cm³/mol. The van der Waals surface area contributed by atoms with Crippen molar-refractivity contribution in [3.63, 3.8) is 0 Å². The lowest BCUT2D eigenvalue weighted by atomic mass is 9.94. The highest BCUT2D eigenvalue weighted by molar-refractivity contribution is 4.78. The fourth-order valence-electron chi connectivity index (χ4n) is 2.48. The van der Waals surface area contributed by atoms with Gasteiger partial charge in [0.05, 0.1) is 6.61 Å². The van der Waals surface area contributed by atoms with E-state index in [0.29, 0.717) is 6.04 Å². The molecule has 1 saturated carbocycles. The summed E-state index contributed by atoms with van der Waals surface area (Å²) >= 11 is 0. The smallest absolute Gasteiger partial charge is 0.0587 e. The van der Waals surface area contributed by atoms with Crippen LogP contribution in [0.2, 0.25) is 0 Å². The van der Waals surface area contributed by atoms with Crippen LogP contribution in [0.1, 0.15) is 39.0 Å². The minimum absolute atomic E-state index is 0.625. The SMILES string of the molecule is COCCNC[C@H](C)N(C)C1CCCCC1. The summed E-state index contributed by atoms with van der Waals surface area (Å²) in [5, 5.41) is 3.44. The first kappa shape index (κ1) is 13.9. The van der Waals surface area contributed by atoms with E-state index in [1.807, 2.05) is 0 Å². The van der Waals surface area contributed by atoms with E-state index in [2.05, 4.69) is 24.2 Å². The lowest BCUT2D eigenvalue weighted by Gasteiger charge is -2.35. The Morgan fingerprint density at radius 2 is 2.00 bits per heavy atom. The molecule has 1 aliphatic rings. The van der Waals surface area contributed by atoms with Crippen LogP contribution in [0.5, 0.6) is 0 Å². The molecule has 0 bridgehead atoms. The lowest BCUT2D eigenvalue weighted by molar-refractivity contribution is 0.140. The molecule has 0 unspecified atom stereocenters. The maximum Gasteiger partial charge on any atom is 0.0587 e. The average molecular weight is 228 g/mol. The number of rotatable bonds is 7. The Morgan fingerprint density at radius 3 is 2.62 bits per heavy atom. The van der Waals surface area contributed by atoms with Crippen molar-refractivity contribution in [1.82, 2.24) is 10.2 Å². The van der Waals surface area contributed by atoms with Gasteiger partial charge in [-0.15, -0.1) is 0 Å². The second-order valence-electron chi connectivity index (χ2n) is 5.00. The first-order valence-electron chi connectivity index (χ1n) is 6.67. The van der Waals surface area contributed by atoms with Gasteiger partial charge in [0.25, 0.3) is 0 Å². The summed E-state index contributed by atoms with van der Waals surface area (Å²) in [7, 11) is 4.03.